The van der Waals surface area contributed by atoms with Crippen LogP contribution in [0.5, 0.6) is 0 Å². The van der Waals surface area contributed by atoms with Gasteiger partial charge in [0, 0.05) is 17.4 Å². The van der Waals surface area contributed by atoms with Crippen molar-refractivity contribution in [2.75, 3.05) is 24.6 Å². The minimum absolute atomic E-state index is 0. The zero-order valence-corrected chi connectivity index (χ0v) is 23.5. The predicted octanol–water partition coefficient (Wildman–Crippen LogP) is 5.70. The van der Waals surface area contributed by atoms with Crippen LogP contribution in [0.3, 0.4) is 0 Å². The maximum Gasteiger partial charge on any atom is 0 e. The standard InChI is InChI=1S/C26H33P3.CO.Cr/c1-5-27(6-2)23-18-12-14-20-25(23)29(22-16-10-9-11-17-22)26-21-15-13-19-24(26)28(7-3)8-4;1-2;/h9-21H,5-8H2,1-4H3;;. The Morgan fingerprint density at radius 2 is 0.844 bits per heavy atom. The van der Waals surface area contributed by atoms with Gasteiger partial charge in [-0.2, -0.15) is 0 Å². The van der Waals surface area contributed by atoms with Crippen molar-refractivity contribution in [3.63, 3.8) is 0 Å². The maximum absolute atomic E-state index is 7.50. The van der Waals surface area contributed by atoms with Gasteiger partial charge in [0.25, 0.3) is 0 Å². The minimum atomic E-state index is -0.543. The summed E-state index contributed by atoms with van der Waals surface area (Å²) < 4.78 is 7.50. The second kappa shape index (κ2) is 16.0. The molecule has 0 heterocycles. The van der Waals surface area contributed by atoms with Crippen molar-refractivity contribution in [1.29, 1.82) is 0 Å². The van der Waals surface area contributed by atoms with Crippen molar-refractivity contribution in [1.82, 2.24) is 0 Å². The van der Waals surface area contributed by atoms with E-state index in [0.29, 0.717) is 0 Å². The molecule has 0 aromatic heterocycles. The van der Waals surface area contributed by atoms with Crippen LogP contribution in [0.1, 0.15) is 27.7 Å². The van der Waals surface area contributed by atoms with Crippen LogP contribution in [0.25, 0.3) is 0 Å². The van der Waals surface area contributed by atoms with Gasteiger partial charge < -0.3 is 0 Å². The van der Waals surface area contributed by atoms with Gasteiger partial charge in [-0.15, -0.1) is 0 Å². The van der Waals surface area contributed by atoms with E-state index >= 15 is 0 Å². The number of rotatable bonds is 9. The third-order valence-electron chi connectivity index (χ3n) is 5.47. The van der Waals surface area contributed by atoms with Gasteiger partial charge in [0.15, 0.2) is 0 Å². The fourth-order valence-electron chi connectivity index (χ4n) is 3.95. The Kier molecular flexibility index (Phi) is 14.6. The molecule has 0 saturated carbocycles. The fraction of sp³-hybridized carbons (Fsp3) is 0.296. The number of hydrogen-bond donors (Lipinski definition) is 0. The quantitative estimate of drug-likeness (QED) is 0.197. The molecule has 0 radical (unpaired) electrons. The fourth-order valence-corrected chi connectivity index (χ4v) is 11.4. The molecule has 168 valence electrons. The smallest absolute Gasteiger partial charge is 0 e. The van der Waals surface area contributed by atoms with E-state index in [1.165, 1.54) is 30.0 Å². The van der Waals surface area contributed by atoms with Gasteiger partial charge in [-0.1, -0.05) is 122 Å². The monoisotopic (exact) mass is 518 g/mol. The Bertz CT molecular complexity index is 882. The van der Waals surface area contributed by atoms with Crippen LogP contribution >= 0.6 is 23.8 Å². The average Bonchev–Trinajstić information content (AvgIpc) is 2.85. The molecule has 5 heteroatoms. The molecule has 0 bridgehead atoms. The summed E-state index contributed by atoms with van der Waals surface area (Å²) in [6.45, 7) is 13.9. The summed E-state index contributed by atoms with van der Waals surface area (Å²) in [6, 6.07) is 29.9. The Balaban J connectivity index is 0.00000166. The summed E-state index contributed by atoms with van der Waals surface area (Å²) in [6.07, 6.45) is 5.05. The Hall–Kier alpha value is -0.778. The molecule has 0 aliphatic carbocycles. The molecular formula is C27H33CrOP3. The first-order chi connectivity index (χ1) is 15.2. The SMILES string of the molecule is CCP(CC)c1ccccc1P(c1ccccc1)c1ccccc1P(CC)CC.[C-]#[O+].[Cr]. The average molecular weight is 518 g/mol. The van der Waals surface area contributed by atoms with Gasteiger partial charge in [0.2, 0.25) is 0 Å². The van der Waals surface area contributed by atoms with E-state index in [0.717, 1.165) is 0 Å². The Morgan fingerprint density at radius 1 is 0.531 bits per heavy atom. The second-order valence-corrected chi connectivity index (χ2v) is 14.8. The molecule has 3 aromatic rings. The molecular weight excluding hydrogens is 485 g/mol. The van der Waals surface area contributed by atoms with E-state index in [4.69, 9.17) is 4.65 Å². The molecule has 32 heavy (non-hydrogen) atoms. The van der Waals surface area contributed by atoms with E-state index in [1.54, 1.807) is 21.2 Å². The van der Waals surface area contributed by atoms with Gasteiger partial charge in [-0.05, 0) is 59.1 Å². The molecule has 0 atom stereocenters. The number of hydrogen-bond acceptors (Lipinski definition) is 0. The van der Waals surface area contributed by atoms with Gasteiger partial charge >= 0.3 is 11.3 Å². The number of benzene rings is 3. The van der Waals surface area contributed by atoms with Crippen molar-refractivity contribution in [2.24, 2.45) is 0 Å². The first-order valence-corrected chi connectivity index (χ1v) is 15.7. The molecule has 0 aliphatic heterocycles. The normalized spacial score (nSPS) is 10.5. The maximum atomic E-state index is 7.50. The molecule has 3 aromatic carbocycles. The summed E-state index contributed by atoms with van der Waals surface area (Å²) in [5.74, 6) is 0. The van der Waals surface area contributed by atoms with Gasteiger partial charge in [-0.25, -0.2) is 0 Å². The zero-order chi connectivity index (χ0) is 22.6. The predicted molar refractivity (Wildman–Crippen MR) is 144 cm³/mol. The Morgan fingerprint density at radius 3 is 1.19 bits per heavy atom. The summed E-state index contributed by atoms with van der Waals surface area (Å²) >= 11 is 0. The van der Waals surface area contributed by atoms with E-state index in [9.17, 15) is 0 Å². The summed E-state index contributed by atoms with van der Waals surface area (Å²) in [5.41, 5.74) is 0. The summed E-state index contributed by atoms with van der Waals surface area (Å²) in [4.78, 5) is 0. The van der Waals surface area contributed by atoms with Crippen LogP contribution in [-0.4, -0.2) is 24.6 Å². The van der Waals surface area contributed by atoms with Crippen molar-refractivity contribution < 1.29 is 22.0 Å². The van der Waals surface area contributed by atoms with E-state index in [-0.39, 0.29) is 33.2 Å². The largest absolute Gasteiger partial charge is 0 e. The molecule has 0 amide bonds. The Labute approximate surface area is 209 Å². The van der Waals surface area contributed by atoms with Crippen LogP contribution in [0.4, 0.5) is 0 Å². The molecule has 0 spiro atoms. The molecule has 0 N–H and O–H groups in total. The van der Waals surface area contributed by atoms with Gasteiger partial charge in [-0.3, -0.25) is 0 Å². The van der Waals surface area contributed by atoms with Gasteiger partial charge in [0.05, 0.1) is 0 Å². The summed E-state index contributed by atoms with van der Waals surface area (Å²) in [7, 11) is -0.735. The van der Waals surface area contributed by atoms with Gasteiger partial charge in [0.1, 0.15) is 0 Å². The second-order valence-electron chi connectivity index (χ2n) is 6.99. The molecule has 0 saturated heterocycles. The molecule has 1 nitrogen and oxygen atoms in total. The first kappa shape index (κ1) is 29.3. The third-order valence-corrected chi connectivity index (χ3v) is 13.6. The molecule has 0 unspecified atom stereocenters. The first-order valence-electron chi connectivity index (χ1n) is 11.0. The molecule has 0 fully saturated rings. The summed E-state index contributed by atoms with van der Waals surface area (Å²) in [5, 5.41) is 7.88. The van der Waals surface area contributed by atoms with E-state index in [2.05, 4.69) is 113 Å². The van der Waals surface area contributed by atoms with Crippen LogP contribution in [0.15, 0.2) is 78.9 Å². The van der Waals surface area contributed by atoms with Crippen molar-refractivity contribution >= 4 is 50.3 Å². The topological polar surface area (TPSA) is 19.9 Å². The third kappa shape index (κ3) is 7.11. The van der Waals surface area contributed by atoms with Crippen LogP contribution < -0.4 is 26.5 Å². The van der Waals surface area contributed by atoms with E-state index < -0.39 is 7.92 Å². The van der Waals surface area contributed by atoms with Crippen LogP contribution in [0, 0.1) is 6.65 Å². The minimum Gasteiger partial charge on any atom is 0 e. The van der Waals surface area contributed by atoms with E-state index in [1.807, 2.05) is 0 Å². The molecule has 0 aliphatic rings. The van der Waals surface area contributed by atoms with Crippen LogP contribution in [0.2, 0.25) is 0 Å². The van der Waals surface area contributed by atoms with Crippen molar-refractivity contribution in [2.45, 2.75) is 27.7 Å². The van der Waals surface area contributed by atoms with Crippen molar-refractivity contribution in [3.8, 4) is 0 Å². The zero-order valence-electron chi connectivity index (χ0n) is 19.5. The van der Waals surface area contributed by atoms with Crippen LogP contribution in [-0.2, 0) is 22.0 Å². The molecule has 3 rings (SSSR count). The van der Waals surface area contributed by atoms with Crippen molar-refractivity contribution in [3.05, 3.63) is 85.5 Å².